The lowest BCUT2D eigenvalue weighted by Crippen LogP contribution is -2.57. The monoisotopic (exact) mass is 482 g/mol. The van der Waals surface area contributed by atoms with Crippen molar-refractivity contribution in [3.05, 3.63) is 59.5 Å². The third-order valence-electron chi connectivity index (χ3n) is 6.37. The molecular formula is C24H27FN6O4. The molecule has 3 aliphatic rings. The fourth-order valence-corrected chi connectivity index (χ4v) is 4.59. The molecule has 2 aromatic carbocycles. The molecule has 0 saturated carbocycles. The third kappa shape index (κ3) is 5.93. The molecule has 6 rings (SSSR count). The molecule has 3 amide bonds. The number of carboxylic acid groups (broad SMARTS) is 1. The Morgan fingerprint density at radius 1 is 1.17 bits per heavy atom. The quantitative estimate of drug-likeness (QED) is 0.354. The van der Waals surface area contributed by atoms with E-state index >= 15 is 0 Å². The van der Waals surface area contributed by atoms with Crippen molar-refractivity contribution in [2.24, 2.45) is 5.92 Å². The number of halogens is 1. The number of nitrogens with zero attached hydrogens (tertiary/aromatic N) is 2. The fourth-order valence-electron chi connectivity index (χ4n) is 4.59. The second kappa shape index (κ2) is 11.0. The number of hydrogen-bond acceptors (Lipinski definition) is 5. The first-order valence-electron chi connectivity index (χ1n) is 11.4. The van der Waals surface area contributed by atoms with Gasteiger partial charge in [0.1, 0.15) is 5.82 Å². The van der Waals surface area contributed by atoms with E-state index in [9.17, 15) is 14.0 Å². The van der Waals surface area contributed by atoms with Gasteiger partial charge in [-0.3, -0.25) is 14.7 Å². The molecule has 35 heavy (non-hydrogen) atoms. The molecular weight excluding hydrogens is 455 g/mol. The number of fused-ring (bicyclic) bond motifs is 4. The lowest BCUT2D eigenvalue weighted by Gasteiger charge is -2.44. The van der Waals surface area contributed by atoms with Gasteiger partial charge in [0.2, 0.25) is 0 Å². The summed E-state index contributed by atoms with van der Waals surface area (Å²) in [6.07, 6.45) is 2.24. The minimum absolute atomic E-state index is 0.148. The lowest BCUT2D eigenvalue weighted by atomic mass is 9.84. The van der Waals surface area contributed by atoms with Crippen molar-refractivity contribution < 1.29 is 23.9 Å². The van der Waals surface area contributed by atoms with Crippen LogP contribution in [-0.2, 0) is 11.3 Å². The van der Waals surface area contributed by atoms with Crippen molar-refractivity contribution in [2.45, 2.75) is 25.4 Å². The highest BCUT2D eigenvalue weighted by molar-refractivity contribution is 6.06. The van der Waals surface area contributed by atoms with Crippen LogP contribution in [0, 0.1) is 11.7 Å². The fraction of sp³-hybridized carbons (Fsp3) is 0.333. The van der Waals surface area contributed by atoms with E-state index in [1.165, 1.54) is 12.1 Å². The first kappa shape index (κ1) is 24.1. The van der Waals surface area contributed by atoms with Gasteiger partial charge in [0.15, 0.2) is 5.69 Å². The molecule has 184 valence electrons. The van der Waals surface area contributed by atoms with Crippen LogP contribution in [0.3, 0.4) is 0 Å². The van der Waals surface area contributed by atoms with Gasteiger partial charge in [-0.1, -0.05) is 12.1 Å². The molecule has 10 nitrogen and oxygen atoms in total. The summed E-state index contributed by atoms with van der Waals surface area (Å²) in [6.45, 7) is 3.13. The molecule has 0 unspecified atom stereocenters. The van der Waals surface area contributed by atoms with Gasteiger partial charge < -0.3 is 26.0 Å². The first-order valence-corrected chi connectivity index (χ1v) is 11.4. The van der Waals surface area contributed by atoms with Gasteiger partial charge in [-0.25, -0.2) is 9.18 Å². The van der Waals surface area contributed by atoms with Gasteiger partial charge in [0.05, 0.1) is 5.52 Å². The summed E-state index contributed by atoms with van der Waals surface area (Å²) in [7, 11) is 0. The average Bonchev–Trinajstić information content (AvgIpc) is 3.28. The zero-order valence-corrected chi connectivity index (χ0v) is 19.0. The first-order chi connectivity index (χ1) is 17.0. The molecule has 11 heteroatoms. The van der Waals surface area contributed by atoms with Crippen LogP contribution in [0.2, 0.25) is 0 Å². The lowest BCUT2D eigenvalue weighted by molar-refractivity contribution is -0.122. The standard InChI is InChI=1S/C23H25FN6O2.CH2O2/c24-16-3-1-14(2-4-16)12-25-23(32)26-17-5-6-19-18(11-17)21(29-28-19)22(31)27-20-13-30-9-7-15(20)8-10-30;2-1-3/h1-6,11,15,20H,7-10,12-13H2,(H,27,31)(H,28,29)(H2,25,26,32);1H,(H,2,3)/t20-;/m0./s1. The van der Waals surface area contributed by atoms with Crippen LogP contribution in [0.15, 0.2) is 42.5 Å². The predicted molar refractivity (Wildman–Crippen MR) is 127 cm³/mol. The number of amides is 3. The van der Waals surface area contributed by atoms with Gasteiger partial charge in [0, 0.05) is 30.2 Å². The maximum atomic E-state index is 13.0. The summed E-state index contributed by atoms with van der Waals surface area (Å²) in [5.41, 5.74) is 2.39. The van der Waals surface area contributed by atoms with E-state index in [0.717, 1.165) is 43.6 Å². The summed E-state index contributed by atoms with van der Waals surface area (Å²) < 4.78 is 13.0. The van der Waals surface area contributed by atoms with E-state index in [1.807, 2.05) is 0 Å². The number of rotatable bonds is 5. The second-order valence-corrected chi connectivity index (χ2v) is 8.59. The molecule has 3 aromatic rings. The Bertz CT molecular complexity index is 1190. The number of hydrogen-bond donors (Lipinski definition) is 5. The maximum Gasteiger partial charge on any atom is 0.319 e. The van der Waals surface area contributed by atoms with E-state index < -0.39 is 6.03 Å². The Labute approximate surface area is 200 Å². The van der Waals surface area contributed by atoms with Crippen LogP contribution in [0.1, 0.15) is 28.9 Å². The molecule has 3 fully saturated rings. The van der Waals surface area contributed by atoms with E-state index in [4.69, 9.17) is 9.90 Å². The van der Waals surface area contributed by atoms with Crippen molar-refractivity contribution in [2.75, 3.05) is 25.0 Å². The Kier molecular flexibility index (Phi) is 7.56. The number of aromatic amines is 1. The van der Waals surface area contributed by atoms with Crippen molar-refractivity contribution in [1.29, 1.82) is 0 Å². The van der Waals surface area contributed by atoms with Gasteiger partial charge in [-0.05, 0) is 67.7 Å². The normalized spacial score (nSPS) is 20.4. The molecule has 1 atom stereocenters. The molecule has 0 radical (unpaired) electrons. The van der Waals surface area contributed by atoms with E-state index in [-0.39, 0.29) is 30.8 Å². The van der Waals surface area contributed by atoms with Gasteiger partial charge in [0.25, 0.3) is 12.4 Å². The molecule has 3 aliphatic heterocycles. The average molecular weight is 483 g/mol. The second-order valence-electron chi connectivity index (χ2n) is 8.59. The number of aromatic nitrogens is 2. The van der Waals surface area contributed by atoms with Gasteiger partial charge in [-0.2, -0.15) is 5.10 Å². The number of anilines is 1. The summed E-state index contributed by atoms with van der Waals surface area (Å²) >= 11 is 0. The van der Waals surface area contributed by atoms with E-state index in [1.54, 1.807) is 30.3 Å². The van der Waals surface area contributed by atoms with Crippen LogP contribution in [-0.4, -0.2) is 64.3 Å². The highest BCUT2D eigenvalue weighted by atomic mass is 19.1. The molecule has 4 heterocycles. The summed E-state index contributed by atoms with van der Waals surface area (Å²) in [5.74, 6) is 0.00375. The number of H-pyrrole nitrogens is 1. The zero-order chi connectivity index (χ0) is 24.8. The molecule has 3 saturated heterocycles. The smallest absolute Gasteiger partial charge is 0.319 e. The van der Waals surface area contributed by atoms with Crippen LogP contribution in [0.25, 0.3) is 10.9 Å². The van der Waals surface area contributed by atoms with Crippen molar-refractivity contribution in [1.82, 2.24) is 25.7 Å². The van der Waals surface area contributed by atoms with Crippen LogP contribution in [0.4, 0.5) is 14.9 Å². The molecule has 0 spiro atoms. The number of carbonyl (C=O) groups excluding carboxylic acids is 2. The largest absolute Gasteiger partial charge is 0.483 e. The molecule has 2 bridgehead atoms. The highest BCUT2D eigenvalue weighted by Gasteiger charge is 2.35. The number of urea groups is 1. The van der Waals surface area contributed by atoms with Crippen molar-refractivity contribution in [3.8, 4) is 0 Å². The third-order valence-corrected chi connectivity index (χ3v) is 6.37. The van der Waals surface area contributed by atoms with Crippen molar-refractivity contribution >= 4 is 35.0 Å². The Morgan fingerprint density at radius 3 is 2.54 bits per heavy atom. The summed E-state index contributed by atoms with van der Waals surface area (Å²) in [5, 5.41) is 23.3. The van der Waals surface area contributed by atoms with Gasteiger partial charge >= 0.3 is 6.03 Å². The molecule has 1 aromatic heterocycles. The van der Waals surface area contributed by atoms with Crippen LogP contribution < -0.4 is 16.0 Å². The minimum atomic E-state index is -0.393. The zero-order valence-electron chi connectivity index (χ0n) is 19.0. The Morgan fingerprint density at radius 2 is 1.89 bits per heavy atom. The Hall–Kier alpha value is -3.99. The van der Waals surface area contributed by atoms with Crippen LogP contribution in [0.5, 0.6) is 0 Å². The Balaban J connectivity index is 0.000000917. The number of nitrogens with one attached hydrogen (secondary N) is 4. The number of carbonyl (C=O) groups is 3. The summed E-state index contributed by atoms with van der Waals surface area (Å²) in [4.78, 5) is 36.0. The van der Waals surface area contributed by atoms with Crippen molar-refractivity contribution in [3.63, 3.8) is 0 Å². The number of benzene rings is 2. The molecule has 5 N–H and O–H groups in total. The number of piperidine rings is 3. The maximum absolute atomic E-state index is 13.0. The minimum Gasteiger partial charge on any atom is -0.483 e. The summed E-state index contributed by atoms with van der Waals surface area (Å²) in [6, 6.07) is 11.0. The topological polar surface area (TPSA) is 139 Å². The van der Waals surface area contributed by atoms with E-state index in [2.05, 4.69) is 31.0 Å². The predicted octanol–water partition coefficient (Wildman–Crippen LogP) is 2.55. The van der Waals surface area contributed by atoms with Crippen LogP contribution >= 0.6 is 0 Å². The SMILES string of the molecule is O=C(NCc1ccc(F)cc1)Nc1ccc2[nH]nc(C(=O)N[C@H]3CN4CCC3CC4)c2c1.O=CO. The molecule has 0 aliphatic carbocycles. The highest BCUT2D eigenvalue weighted by Crippen LogP contribution is 2.28. The van der Waals surface area contributed by atoms with E-state index in [0.29, 0.717) is 22.7 Å². The van der Waals surface area contributed by atoms with Gasteiger partial charge in [-0.15, -0.1) is 0 Å².